The average molecular weight is 402 g/mol. The summed E-state index contributed by atoms with van der Waals surface area (Å²) in [7, 11) is 0. The Kier molecular flexibility index (Phi) is 6.39. The lowest BCUT2D eigenvalue weighted by molar-refractivity contribution is -0.122. The summed E-state index contributed by atoms with van der Waals surface area (Å²) in [5.41, 5.74) is 1.20. The standard InChI is InChI=1S/C27H47NO/c1-5-18-28-25(29)14-9-19(2)22-12-13-23-21-11-10-20-8-6-7-16-26(20,3)24(21)15-17-27(22,23)4/h19-24H,5-18H2,1-4H3,(H,28,29)/t19-,20?,21?,22-,23?,24?,26+,27-/m1/s1. The minimum atomic E-state index is 0.269. The van der Waals surface area contributed by atoms with Gasteiger partial charge in [-0.05, 0) is 111 Å². The number of amides is 1. The topological polar surface area (TPSA) is 29.1 Å². The van der Waals surface area contributed by atoms with E-state index in [1.807, 2.05) is 0 Å². The molecule has 0 radical (unpaired) electrons. The molecule has 0 saturated heterocycles. The molecule has 0 heterocycles. The third kappa shape index (κ3) is 3.80. The molecule has 4 aliphatic rings. The van der Waals surface area contributed by atoms with Crippen molar-refractivity contribution in [1.29, 1.82) is 0 Å². The van der Waals surface area contributed by atoms with Crippen molar-refractivity contribution in [3.8, 4) is 0 Å². The van der Waals surface area contributed by atoms with Crippen LogP contribution in [-0.4, -0.2) is 12.5 Å². The van der Waals surface area contributed by atoms with Crippen molar-refractivity contribution in [2.75, 3.05) is 6.54 Å². The van der Waals surface area contributed by atoms with Gasteiger partial charge in [0.2, 0.25) is 5.91 Å². The van der Waals surface area contributed by atoms with Crippen LogP contribution in [0.15, 0.2) is 0 Å². The predicted molar refractivity (Wildman–Crippen MR) is 122 cm³/mol. The van der Waals surface area contributed by atoms with Gasteiger partial charge < -0.3 is 5.32 Å². The number of rotatable bonds is 6. The van der Waals surface area contributed by atoms with E-state index in [9.17, 15) is 4.79 Å². The molecule has 0 bridgehead atoms. The molecule has 4 unspecified atom stereocenters. The zero-order valence-electron chi connectivity index (χ0n) is 19.8. The first-order chi connectivity index (χ1) is 13.9. The molecule has 166 valence electrons. The number of fused-ring (bicyclic) bond motifs is 5. The molecule has 0 aliphatic heterocycles. The van der Waals surface area contributed by atoms with E-state index in [-0.39, 0.29) is 5.91 Å². The Morgan fingerprint density at radius 3 is 2.55 bits per heavy atom. The fourth-order valence-electron chi connectivity index (χ4n) is 9.18. The van der Waals surface area contributed by atoms with Crippen molar-refractivity contribution in [2.45, 2.75) is 111 Å². The Bertz CT molecular complexity index is 587. The third-order valence-corrected chi connectivity index (χ3v) is 10.7. The van der Waals surface area contributed by atoms with Crippen LogP contribution in [0.4, 0.5) is 0 Å². The summed E-state index contributed by atoms with van der Waals surface area (Å²) in [6.45, 7) is 10.8. The van der Waals surface area contributed by atoms with Crippen LogP contribution in [0.2, 0.25) is 0 Å². The maximum atomic E-state index is 12.1. The summed E-state index contributed by atoms with van der Waals surface area (Å²) in [6, 6.07) is 0. The van der Waals surface area contributed by atoms with Crippen molar-refractivity contribution in [1.82, 2.24) is 5.32 Å². The zero-order chi connectivity index (χ0) is 20.6. The normalized spacial score (nSPS) is 45.0. The molecule has 0 aromatic heterocycles. The summed E-state index contributed by atoms with van der Waals surface area (Å²) in [6.07, 6.45) is 17.7. The number of hydrogen-bond donors (Lipinski definition) is 1. The Balaban J connectivity index is 1.42. The van der Waals surface area contributed by atoms with Gasteiger partial charge in [0.1, 0.15) is 0 Å². The second-order valence-corrected chi connectivity index (χ2v) is 12.0. The van der Waals surface area contributed by atoms with Crippen molar-refractivity contribution in [3.63, 3.8) is 0 Å². The largest absolute Gasteiger partial charge is 0.356 e. The minimum absolute atomic E-state index is 0.269. The summed E-state index contributed by atoms with van der Waals surface area (Å²) in [4.78, 5) is 12.1. The van der Waals surface area contributed by atoms with Gasteiger partial charge in [-0.15, -0.1) is 0 Å². The van der Waals surface area contributed by atoms with Gasteiger partial charge in [0.25, 0.3) is 0 Å². The van der Waals surface area contributed by atoms with E-state index in [1.165, 1.54) is 64.2 Å². The van der Waals surface area contributed by atoms with Crippen LogP contribution in [0.3, 0.4) is 0 Å². The first kappa shape index (κ1) is 21.7. The minimum Gasteiger partial charge on any atom is -0.356 e. The maximum absolute atomic E-state index is 12.1. The molecule has 1 N–H and O–H groups in total. The Morgan fingerprint density at radius 1 is 0.966 bits per heavy atom. The van der Waals surface area contributed by atoms with Gasteiger partial charge in [0, 0.05) is 13.0 Å². The molecule has 29 heavy (non-hydrogen) atoms. The highest BCUT2D eigenvalue weighted by Crippen LogP contribution is 2.68. The summed E-state index contributed by atoms with van der Waals surface area (Å²) in [5, 5.41) is 3.07. The molecule has 4 fully saturated rings. The molecule has 0 spiro atoms. The molecule has 2 heteroatoms. The molecule has 4 rings (SSSR count). The van der Waals surface area contributed by atoms with Crippen molar-refractivity contribution >= 4 is 5.91 Å². The number of carbonyl (C=O) groups excluding carboxylic acids is 1. The lowest BCUT2D eigenvalue weighted by Crippen LogP contribution is -2.53. The van der Waals surface area contributed by atoms with E-state index >= 15 is 0 Å². The predicted octanol–water partition coefficient (Wildman–Crippen LogP) is 6.98. The lowest BCUT2D eigenvalue weighted by atomic mass is 9.44. The summed E-state index contributed by atoms with van der Waals surface area (Å²) >= 11 is 0. The smallest absolute Gasteiger partial charge is 0.220 e. The lowest BCUT2D eigenvalue weighted by Gasteiger charge is -2.61. The van der Waals surface area contributed by atoms with Gasteiger partial charge >= 0.3 is 0 Å². The van der Waals surface area contributed by atoms with Crippen molar-refractivity contribution in [2.24, 2.45) is 46.3 Å². The molecule has 0 aromatic carbocycles. The molecule has 1 amide bonds. The first-order valence-corrected chi connectivity index (χ1v) is 13.2. The van der Waals surface area contributed by atoms with E-state index in [2.05, 4.69) is 33.0 Å². The number of hydrogen-bond acceptors (Lipinski definition) is 1. The van der Waals surface area contributed by atoms with E-state index in [4.69, 9.17) is 0 Å². The fraction of sp³-hybridized carbons (Fsp3) is 0.963. The summed E-state index contributed by atoms with van der Waals surface area (Å²) in [5.74, 6) is 5.79. The fourth-order valence-corrected chi connectivity index (χ4v) is 9.18. The third-order valence-electron chi connectivity index (χ3n) is 10.7. The maximum Gasteiger partial charge on any atom is 0.220 e. The molecular weight excluding hydrogens is 354 g/mol. The molecule has 2 nitrogen and oxygen atoms in total. The van der Waals surface area contributed by atoms with Crippen LogP contribution in [0, 0.1) is 46.3 Å². The average Bonchev–Trinajstić information content (AvgIpc) is 3.07. The quantitative estimate of drug-likeness (QED) is 0.511. The van der Waals surface area contributed by atoms with E-state index in [0.717, 1.165) is 55.4 Å². The van der Waals surface area contributed by atoms with Gasteiger partial charge in [0.15, 0.2) is 0 Å². The highest BCUT2D eigenvalue weighted by atomic mass is 16.1. The Hall–Kier alpha value is -0.530. The Labute approximate surface area is 180 Å². The van der Waals surface area contributed by atoms with Crippen molar-refractivity contribution in [3.05, 3.63) is 0 Å². The van der Waals surface area contributed by atoms with Crippen molar-refractivity contribution < 1.29 is 4.79 Å². The molecule has 8 atom stereocenters. The molecule has 4 saturated carbocycles. The van der Waals surface area contributed by atoms with Gasteiger partial charge in [-0.3, -0.25) is 4.79 Å². The second-order valence-electron chi connectivity index (χ2n) is 12.0. The summed E-state index contributed by atoms with van der Waals surface area (Å²) < 4.78 is 0. The van der Waals surface area contributed by atoms with Gasteiger partial charge in [-0.1, -0.05) is 40.5 Å². The molecule has 4 aliphatic carbocycles. The highest BCUT2D eigenvalue weighted by Gasteiger charge is 2.60. The first-order valence-electron chi connectivity index (χ1n) is 13.2. The SMILES string of the molecule is CCCNC(=O)CC[C@@H](C)[C@H]1CCC2C3CCC4CCCC[C@]4(C)C3CC[C@@]21C. The second kappa shape index (κ2) is 8.54. The van der Waals surface area contributed by atoms with Crippen LogP contribution in [-0.2, 0) is 4.79 Å². The molecule has 0 aromatic rings. The van der Waals surface area contributed by atoms with Gasteiger partial charge in [0.05, 0.1) is 0 Å². The van der Waals surface area contributed by atoms with E-state index in [1.54, 1.807) is 0 Å². The highest BCUT2D eigenvalue weighted by molar-refractivity contribution is 5.75. The van der Waals surface area contributed by atoms with E-state index < -0.39 is 0 Å². The zero-order valence-corrected chi connectivity index (χ0v) is 19.8. The van der Waals surface area contributed by atoms with Gasteiger partial charge in [-0.25, -0.2) is 0 Å². The number of nitrogens with one attached hydrogen (secondary N) is 1. The van der Waals surface area contributed by atoms with Crippen LogP contribution in [0.1, 0.15) is 111 Å². The van der Waals surface area contributed by atoms with Crippen LogP contribution in [0.5, 0.6) is 0 Å². The van der Waals surface area contributed by atoms with Crippen LogP contribution < -0.4 is 5.32 Å². The van der Waals surface area contributed by atoms with Crippen LogP contribution >= 0.6 is 0 Å². The van der Waals surface area contributed by atoms with Gasteiger partial charge in [-0.2, -0.15) is 0 Å². The molecular formula is C27H47NO. The number of carbonyl (C=O) groups is 1. The monoisotopic (exact) mass is 401 g/mol. The van der Waals surface area contributed by atoms with E-state index in [0.29, 0.717) is 16.7 Å². The van der Waals surface area contributed by atoms with Crippen LogP contribution in [0.25, 0.3) is 0 Å². The Morgan fingerprint density at radius 2 is 1.76 bits per heavy atom.